The summed E-state index contributed by atoms with van der Waals surface area (Å²) in [6.45, 7) is 10.1. The third kappa shape index (κ3) is 2.25. The van der Waals surface area contributed by atoms with Gasteiger partial charge in [0.2, 0.25) is 5.88 Å². The van der Waals surface area contributed by atoms with Crippen molar-refractivity contribution in [3.8, 4) is 5.88 Å². The second-order valence-electron chi connectivity index (χ2n) is 5.67. The summed E-state index contributed by atoms with van der Waals surface area (Å²) in [6.07, 6.45) is 0. The van der Waals surface area contributed by atoms with Crippen LogP contribution < -0.4 is 10.2 Å². The van der Waals surface area contributed by atoms with Crippen molar-refractivity contribution in [2.24, 2.45) is 0 Å². The number of aryl methyl sites for hydroxylation is 1. The van der Waals surface area contributed by atoms with Crippen molar-refractivity contribution in [1.29, 1.82) is 0 Å². The van der Waals surface area contributed by atoms with Crippen LogP contribution in [-0.2, 0) is 9.31 Å². The SMILES string of the molecule is COc1cc(B2OC(C)(C)C(C)(C)O2)cc(C)n1. The summed E-state index contributed by atoms with van der Waals surface area (Å²) < 4.78 is 17.2. The first-order chi connectivity index (χ1) is 8.25. The number of pyridine rings is 1. The van der Waals surface area contributed by atoms with Crippen molar-refractivity contribution in [2.45, 2.75) is 45.8 Å². The summed E-state index contributed by atoms with van der Waals surface area (Å²) in [7, 11) is 1.24. The number of nitrogens with zero attached hydrogens (tertiary/aromatic N) is 1. The monoisotopic (exact) mass is 249 g/mol. The molecule has 1 aromatic rings. The van der Waals surface area contributed by atoms with Crippen LogP contribution in [0.2, 0.25) is 0 Å². The van der Waals surface area contributed by atoms with E-state index < -0.39 is 0 Å². The molecule has 0 amide bonds. The molecular formula is C13H20BNO3. The lowest BCUT2D eigenvalue weighted by Gasteiger charge is -2.32. The van der Waals surface area contributed by atoms with Gasteiger partial charge in [-0.2, -0.15) is 0 Å². The zero-order chi connectivity index (χ0) is 13.6. The highest BCUT2D eigenvalue weighted by Gasteiger charge is 2.51. The molecule has 2 heterocycles. The molecule has 4 nitrogen and oxygen atoms in total. The van der Waals surface area contributed by atoms with Gasteiger partial charge in [0.05, 0.1) is 18.3 Å². The van der Waals surface area contributed by atoms with Crippen molar-refractivity contribution >= 4 is 12.6 Å². The van der Waals surface area contributed by atoms with E-state index in [4.69, 9.17) is 14.0 Å². The number of hydrogen-bond donors (Lipinski definition) is 0. The van der Waals surface area contributed by atoms with Gasteiger partial charge in [-0.25, -0.2) is 4.98 Å². The molecule has 0 radical (unpaired) electrons. The topological polar surface area (TPSA) is 40.6 Å². The fourth-order valence-corrected chi connectivity index (χ4v) is 1.88. The fraction of sp³-hybridized carbons (Fsp3) is 0.615. The molecule has 0 atom stereocenters. The summed E-state index contributed by atoms with van der Waals surface area (Å²) in [6, 6.07) is 3.82. The van der Waals surface area contributed by atoms with Gasteiger partial charge in [0.1, 0.15) is 0 Å². The van der Waals surface area contributed by atoms with E-state index in [9.17, 15) is 0 Å². The Hall–Kier alpha value is -1.07. The summed E-state index contributed by atoms with van der Waals surface area (Å²) in [4.78, 5) is 4.26. The van der Waals surface area contributed by atoms with Crippen LogP contribution in [0, 0.1) is 6.92 Å². The maximum Gasteiger partial charge on any atom is 0.495 e. The van der Waals surface area contributed by atoms with Crippen molar-refractivity contribution in [3.63, 3.8) is 0 Å². The second kappa shape index (κ2) is 4.25. The summed E-state index contributed by atoms with van der Waals surface area (Å²) >= 11 is 0. The molecule has 2 rings (SSSR count). The van der Waals surface area contributed by atoms with E-state index in [0.717, 1.165) is 11.2 Å². The van der Waals surface area contributed by atoms with Crippen molar-refractivity contribution < 1.29 is 14.0 Å². The van der Waals surface area contributed by atoms with Gasteiger partial charge in [0.15, 0.2) is 0 Å². The average molecular weight is 249 g/mol. The summed E-state index contributed by atoms with van der Waals surface area (Å²) in [5.74, 6) is 0.583. The number of ether oxygens (including phenoxy) is 1. The van der Waals surface area contributed by atoms with Crippen molar-refractivity contribution in [3.05, 3.63) is 17.8 Å². The van der Waals surface area contributed by atoms with Gasteiger partial charge in [-0.3, -0.25) is 0 Å². The van der Waals surface area contributed by atoms with Crippen LogP contribution in [0.5, 0.6) is 5.88 Å². The Kier molecular flexibility index (Phi) is 3.15. The van der Waals surface area contributed by atoms with Crippen LogP contribution in [-0.4, -0.2) is 30.4 Å². The molecule has 1 aliphatic rings. The first-order valence-electron chi connectivity index (χ1n) is 6.13. The van der Waals surface area contributed by atoms with E-state index in [-0.39, 0.29) is 18.3 Å². The Morgan fingerprint density at radius 3 is 2.17 bits per heavy atom. The number of rotatable bonds is 2. The summed E-state index contributed by atoms with van der Waals surface area (Å²) in [5.41, 5.74) is 1.17. The van der Waals surface area contributed by atoms with E-state index in [1.807, 2.05) is 46.8 Å². The van der Waals surface area contributed by atoms with Crippen LogP contribution in [0.1, 0.15) is 33.4 Å². The standard InChI is InChI=1S/C13H20BNO3/c1-9-7-10(8-11(15-9)16-6)14-17-12(2,3)13(4,5)18-14/h7-8H,1-6H3. The smallest absolute Gasteiger partial charge is 0.481 e. The van der Waals surface area contributed by atoms with Crippen LogP contribution in [0.25, 0.3) is 0 Å². The second-order valence-corrected chi connectivity index (χ2v) is 5.67. The molecule has 1 aliphatic heterocycles. The first-order valence-corrected chi connectivity index (χ1v) is 6.13. The highest BCUT2D eigenvalue weighted by Crippen LogP contribution is 2.36. The van der Waals surface area contributed by atoms with Gasteiger partial charge >= 0.3 is 7.12 Å². The number of methoxy groups -OCH3 is 1. The Morgan fingerprint density at radius 2 is 1.67 bits per heavy atom. The zero-order valence-corrected chi connectivity index (χ0v) is 11.9. The van der Waals surface area contributed by atoms with E-state index in [2.05, 4.69) is 4.98 Å². The number of hydrogen-bond acceptors (Lipinski definition) is 4. The van der Waals surface area contributed by atoms with Gasteiger partial charge in [0.25, 0.3) is 0 Å². The number of aromatic nitrogens is 1. The lowest BCUT2D eigenvalue weighted by molar-refractivity contribution is 0.00578. The average Bonchev–Trinajstić information content (AvgIpc) is 2.47. The molecule has 18 heavy (non-hydrogen) atoms. The van der Waals surface area contributed by atoms with Crippen LogP contribution in [0.4, 0.5) is 0 Å². The molecule has 0 aromatic carbocycles. The molecular weight excluding hydrogens is 229 g/mol. The molecule has 1 fully saturated rings. The molecule has 0 bridgehead atoms. The Labute approximate surface area is 109 Å². The predicted octanol–water partition coefficient (Wildman–Crippen LogP) is 1.70. The van der Waals surface area contributed by atoms with Crippen LogP contribution in [0.15, 0.2) is 12.1 Å². The van der Waals surface area contributed by atoms with Gasteiger partial charge < -0.3 is 14.0 Å². The predicted molar refractivity (Wildman–Crippen MR) is 71.2 cm³/mol. The van der Waals surface area contributed by atoms with Crippen molar-refractivity contribution in [1.82, 2.24) is 4.98 Å². The Morgan fingerprint density at radius 1 is 1.11 bits per heavy atom. The summed E-state index contributed by atoms with van der Waals surface area (Å²) in [5, 5.41) is 0. The normalized spacial score (nSPS) is 21.1. The minimum Gasteiger partial charge on any atom is -0.481 e. The molecule has 0 unspecified atom stereocenters. The third-order valence-electron chi connectivity index (χ3n) is 3.69. The molecule has 0 aliphatic carbocycles. The Balaban J connectivity index is 2.32. The minimum absolute atomic E-state index is 0.331. The zero-order valence-electron chi connectivity index (χ0n) is 11.9. The maximum atomic E-state index is 6.00. The van der Waals surface area contributed by atoms with Gasteiger partial charge in [0, 0.05) is 11.8 Å². The molecule has 1 saturated heterocycles. The van der Waals surface area contributed by atoms with Crippen molar-refractivity contribution in [2.75, 3.05) is 7.11 Å². The Bertz CT molecular complexity index is 444. The minimum atomic E-state index is -0.370. The van der Waals surface area contributed by atoms with Gasteiger partial charge in [-0.1, -0.05) is 0 Å². The van der Waals surface area contributed by atoms with Crippen LogP contribution >= 0.6 is 0 Å². The lowest BCUT2D eigenvalue weighted by Crippen LogP contribution is -2.41. The van der Waals surface area contributed by atoms with Gasteiger partial charge in [-0.15, -0.1) is 0 Å². The molecule has 0 N–H and O–H groups in total. The molecule has 0 saturated carbocycles. The highest BCUT2D eigenvalue weighted by atomic mass is 16.7. The third-order valence-corrected chi connectivity index (χ3v) is 3.69. The largest absolute Gasteiger partial charge is 0.495 e. The first kappa shape index (κ1) is 13.4. The van der Waals surface area contributed by atoms with Gasteiger partial charge in [-0.05, 0) is 46.1 Å². The van der Waals surface area contributed by atoms with Crippen LogP contribution in [0.3, 0.4) is 0 Å². The van der Waals surface area contributed by atoms with E-state index in [1.54, 1.807) is 7.11 Å². The van der Waals surface area contributed by atoms with E-state index >= 15 is 0 Å². The maximum absolute atomic E-state index is 6.00. The highest BCUT2D eigenvalue weighted by molar-refractivity contribution is 6.62. The fourth-order valence-electron chi connectivity index (χ4n) is 1.88. The quantitative estimate of drug-likeness (QED) is 0.748. The van der Waals surface area contributed by atoms with E-state index in [0.29, 0.717) is 5.88 Å². The molecule has 0 spiro atoms. The molecule has 5 heteroatoms. The lowest BCUT2D eigenvalue weighted by atomic mass is 9.79. The van der Waals surface area contributed by atoms with E-state index in [1.165, 1.54) is 0 Å². The molecule has 98 valence electrons. The molecule has 1 aromatic heterocycles.